The van der Waals surface area contributed by atoms with Crippen LogP contribution in [0, 0.1) is 24.1 Å². The number of fused-ring (bicyclic) bond motifs is 1. The summed E-state index contributed by atoms with van der Waals surface area (Å²) in [5.41, 5.74) is 5.22. The van der Waals surface area contributed by atoms with Gasteiger partial charge >= 0.3 is 0 Å². The molecule has 1 saturated heterocycles. The highest BCUT2D eigenvalue weighted by molar-refractivity contribution is 5.97. The molecule has 2 aromatic carbocycles. The second-order valence-electron chi connectivity index (χ2n) is 9.05. The molecular formula is C27H27FN6O. The Morgan fingerprint density at radius 1 is 1.23 bits per heavy atom. The summed E-state index contributed by atoms with van der Waals surface area (Å²) in [6.45, 7) is 3.98. The predicted molar refractivity (Wildman–Crippen MR) is 134 cm³/mol. The third-order valence-corrected chi connectivity index (χ3v) is 6.63. The van der Waals surface area contributed by atoms with Gasteiger partial charge in [-0.3, -0.25) is 5.10 Å². The fraction of sp³-hybridized carbons (Fsp3) is 0.296. The van der Waals surface area contributed by atoms with E-state index in [0.717, 1.165) is 53.8 Å². The summed E-state index contributed by atoms with van der Waals surface area (Å²) in [7, 11) is 1.82. The molecule has 178 valence electrons. The number of nitrogens with zero attached hydrogens (tertiary/aromatic N) is 4. The second-order valence-corrected chi connectivity index (χ2v) is 9.05. The number of anilines is 1. The summed E-state index contributed by atoms with van der Waals surface area (Å²) in [5, 5.41) is 30.9. The number of aliphatic hydroxyl groups is 1. The zero-order valence-corrected chi connectivity index (χ0v) is 19.8. The summed E-state index contributed by atoms with van der Waals surface area (Å²) in [6, 6.07) is 13.2. The topological polar surface area (TPSA) is 101 Å². The summed E-state index contributed by atoms with van der Waals surface area (Å²) in [6.07, 6.45) is 3.03. The Bertz CT molecular complexity index is 1390. The Hall–Kier alpha value is -3.80. The molecule has 0 aliphatic carbocycles. The van der Waals surface area contributed by atoms with Crippen molar-refractivity contribution in [2.75, 3.05) is 25.0 Å². The number of nitriles is 1. The van der Waals surface area contributed by atoms with Crippen molar-refractivity contribution in [2.24, 2.45) is 0 Å². The van der Waals surface area contributed by atoms with E-state index >= 15 is 4.39 Å². The normalized spacial score (nSPS) is 14.4. The van der Waals surface area contributed by atoms with Crippen LogP contribution in [0.5, 0.6) is 0 Å². The Labute approximate surface area is 203 Å². The molecule has 0 saturated carbocycles. The average Bonchev–Trinajstić information content (AvgIpc) is 3.27. The number of halogens is 1. The molecule has 0 spiro atoms. The predicted octanol–water partition coefficient (Wildman–Crippen LogP) is 4.29. The molecule has 3 heterocycles. The number of hydrogen-bond acceptors (Lipinski definition) is 6. The van der Waals surface area contributed by atoms with E-state index in [1.54, 1.807) is 12.3 Å². The largest absolute Gasteiger partial charge is 0.393 e. The highest BCUT2D eigenvalue weighted by Crippen LogP contribution is 2.36. The number of aryl methyl sites for hydroxylation is 1. The van der Waals surface area contributed by atoms with E-state index in [9.17, 15) is 10.4 Å². The first-order valence-electron chi connectivity index (χ1n) is 11.7. The van der Waals surface area contributed by atoms with Crippen LogP contribution in [-0.2, 0) is 6.54 Å². The molecule has 2 aromatic heterocycles. The Balaban J connectivity index is 1.55. The Kier molecular flexibility index (Phi) is 6.20. The Morgan fingerprint density at radius 2 is 2.03 bits per heavy atom. The molecule has 0 amide bonds. The first-order chi connectivity index (χ1) is 17.0. The van der Waals surface area contributed by atoms with Crippen molar-refractivity contribution >= 4 is 16.7 Å². The molecule has 35 heavy (non-hydrogen) atoms. The van der Waals surface area contributed by atoms with Gasteiger partial charge < -0.3 is 15.3 Å². The molecule has 4 aromatic rings. The number of H-pyrrole nitrogens is 1. The molecule has 3 N–H and O–H groups in total. The molecule has 0 unspecified atom stereocenters. The minimum absolute atomic E-state index is 0.235. The van der Waals surface area contributed by atoms with Gasteiger partial charge in [0.05, 0.1) is 23.3 Å². The number of hydrogen-bond donors (Lipinski definition) is 3. The van der Waals surface area contributed by atoms with Gasteiger partial charge in [-0.05, 0) is 68.3 Å². The van der Waals surface area contributed by atoms with Crippen LogP contribution in [0.1, 0.15) is 29.5 Å². The van der Waals surface area contributed by atoms with Gasteiger partial charge in [-0.1, -0.05) is 6.07 Å². The van der Waals surface area contributed by atoms with E-state index in [-0.39, 0.29) is 11.9 Å². The van der Waals surface area contributed by atoms with E-state index in [2.05, 4.69) is 31.5 Å². The number of piperidine rings is 1. The van der Waals surface area contributed by atoms with E-state index in [1.165, 1.54) is 6.07 Å². The summed E-state index contributed by atoms with van der Waals surface area (Å²) in [4.78, 5) is 6.80. The smallest absolute Gasteiger partial charge is 0.131 e. The maximum atomic E-state index is 15.2. The van der Waals surface area contributed by atoms with Crippen LogP contribution in [0.15, 0.2) is 42.6 Å². The molecular weight excluding hydrogens is 443 g/mol. The van der Waals surface area contributed by atoms with Crippen LogP contribution < -0.4 is 10.2 Å². The van der Waals surface area contributed by atoms with E-state index in [4.69, 9.17) is 0 Å². The van der Waals surface area contributed by atoms with Crippen molar-refractivity contribution in [3.63, 3.8) is 0 Å². The highest BCUT2D eigenvalue weighted by Gasteiger charge is 2.20. The molecule has 0 atom stereocenters. The molecule has 7 nitrogen and oxygen atoms in total. The quantitative estimate of drug-likeness (QED) is 0.402. The number of aliphatic hydroxyl groups excluding tert-OH is 1. The standard InChI is InChI=1S/C27H27FN6O/c1-16-9-17(14-30-2)10-23(28)26(16)21-12-22-24(11-19(21)13-29)32-33-27(22)18-3-4-25(31-15-18)34-7-5-20(35)6-8-34/h3-4,9-12,15,20,30,35H,5-8,14H2,1-2H3,(H,32,33). The summed E-state index contributed by atoms with van der Waals surface area (Å²) < 4.78 is 15.2. The van der Waals surface area contributed by atoms with Crippen LogP contribution in [0.4, 0.5) is 10.2 Å². The van der Waals surface area contributed by atoms with Gasteiger partial charge in [0.1, 0.15) is 17.3 Å². The zero-order valence-electron chi connectivity index (χ0n) is 19.8. The van der Waals surface area contributed by atoms with Crippen LogP contribution >= 0.6 is 0 Å². The van der Waals surface area contributed by atoms with Crippen LogP contribution in [-0.4, -0.2) is 46.5 Å². The zero-order chi connectivity index (χ0) is 24.5. The van der Waals surface area contributed by atoms with Gasteiger partial charge in [0.15, 0.2) is 0 Å². The molecule has 0 bridgehead atoms. The van der Waals surface area contributed by atoms with Gasteiger partial charge in [-0.25, -0.2) is 9.37 Å². The van der Waals surface area contributed by atoms with E-state index < -0.39 is 0 Å². The minimum atomic E-state index is -0.353. The fourth-order valence-electron chi connectivity index (χ4n) is 4.85. The van der Waals surface area contributed by atoms with Crippen LogP contribution in [0.2, 0.25) is 0 Å². The number of benzene rings is 2. The van der Waals surface area contributed by atoms with Crippen molar-refractivity contribution in [2.45, 2.75) is 32.4 Å². The van der Waals surface area contributed by atoms with Crippen molar-refractivity contribution in [1.82, 2.24) is 20.5 Å². The van der Waals surface area contributed by atoms with Crippen molar-refractivity contribution < 1.29 is 9.50 Å². The van der Waals surface area contributed by atoms with Crippen molar-refractivity contribution in [3.05, 3.63) is 65.1 Å². The SMILES string of the molecule is CNCc1cc(C)c(-c2cc3c(-c4ccc(N5CCC(O)CC5)nc4)n[nH]c3cc2C#N)c(F)c1. The third kappa shape index (κ3) is 4.36. The Morgan fingerprint density at radius 3 is 2.69 bits per heavy atom. The van der Waals surface area contributed by atoms with E-state index in [0.29, 0.717) is 34.4 Å². The number of aromatic nitrogens is 3. The number of rotatable bonds is 5. The lowest BCUT2D eigenvalue weighted by molar-refractivity contribution is 0.145. The molecule has 1 aliphatic heterocycles. The molecule has 0 radical (unpaired) electrons. The van der Waals surface area contributed by atoms with Crippen molar-refractivity contribution in [1.29, 1.82) is 5.26 Å². The molecule has 8 heteroatoms. The van der Waals surface area contributed by atoms with Gasteiger partial charge in [0.2, 0.25) is 0 Å². The first kappa shape index (κ1) is 23.0. The van der Waals surface area contributed by atoms with Crippen molar-refractivity contribution in [3.8, 4) is 28.5 Å². The molecule has 5 rings (SSSR count). The van der Waals surface area contributed by atoms with Crippen LogP contribution in [0.25, 0.3) is 33.3 Å². The lowest BCUT2D eigenvalue weighted by Crippen LogP contribution is -2.36. The maximum absolute atomic E-state index is 15.2. The number of aromatic amines is 1. The van der Waals surface area contributed by atoms with Gasteiger partial charge in [-0.15, -0.1) is 0 Å². The summed E-state index contributed by atoms with van der Waals surface area (Å²) in [5.74, 6) is 0.515. The van der Waals surface area contributed by atoms with Crippen LogP contribution in [0.3, 0.4) is 0 Å². The maximum Gasteiger partial charge on any atom is 0.131 e. The molecule has 1 aliphatic rings. The minimum Gasteiger partial charge on any atom is -0.393 e. The number of pyridine rings is 1. The monoisotopic (exact) mass is 470 g/mol. The summed E-state index contributed by atoms with van der Waals surface area (Å²) >= 11 is 0. The van der Waals surface area contributed by atoms with Gasteiger partial charge in [0.25, 0.3) is 0 Å². The highest BCUT2D eigenvalue weighted by atomic mass is 19.1. The average molecular weight is 471 g/mol. The van der Waals surface area contributed by atoms with E-state index in [1.807, 2.05) is 38.2 Å². The fourth-order valence-corrected chi connectivity index (χ4v) is 4.85. The lowest BCUT2D eigenvalue weighted by atomic mass is 9.92. The van der Waals surface area contributed by atoms with Gasteiger partial charge in [0, 0.05) is 47.9 Å². The molecule has 1 fully saturated rings. The second kappa shape index (κ2) is 9.45. The third-order valence-electron chi connectivity index (χ3n) is 6.63. The van der Waals surface area contributed by atoms with Gasteiger partial charge in [-0.2, -0.15) is 10.4 Å². The lowest BCUT2D eigenvalue weighted by Gasteiger charge is -2.30. The number of nitrogens with one attached hydrogen (secondary N) is 2. The first-order valence-corrected chi connectivity index (χ1v) is 11.7.